The number of likely N-dealkylation sites (tertiary alicyclic amines) is 2. The Balaban J connectivity index is 1.33. The molecule has 2 N–H and O–H groups in total. The van der Waals surface area contributed by atoms with Crippen molar-refractivity contribution in [2.24, 2.45) is 5.41 Å². The van der Waals surface area contributed by atoms with Gasteiger partial charge in [0.1, 0.15) is 17.2 Å². The first-order valence-electron chi connectivity index (χ1n) is 11.7. The maximum absolute atomic E-state index is 13.1. The van der Waals surface area contributed by atoms with Gasteiger partial charge < -0.3 is 29.9 Å². The second kappa shape index (κ2) is 10.1. The van der Waals surface area contributed by atoms with Gasteiger partial charge in [-0.1, -0.05) is 12.1 Å². The molecule has 8 heteroatoms. The lowest BCUT2D eigenvalue weighted by molar-refractivity contribution is 0.154. The van der Waals surface area contributed by atoms with Gasteiger partial charge in [0.05, 0.1) is 14.2 Å². The molecule has 34 heavy (non-hydrogen) atoms. The summed E-state index contributed by atoms with van der Waals surface area (Å²) in [5, 5.41) is 7.19. The largest absolute Gasteiger partial charge is 0.494 e. The second-order valence-corrected chi connectivity index (χ2v) is 9.82. The first kappa shape index (κ1) is 24.1. The van der Waals surface area contributed by atoms with E-state index in [1.54, 1.807) is 14.2 Å². The van der Waals surface area contributed by atoms with Gasteiger partial charge in [-0.25, -0.2) is 4.79 Å². The van der Waals surface area contributed by atoms with Crippen molar-refractivity contribution >= 4 is 34.7 Å². The Labute approximate surface area is 207 Å². The van der Waals surface area contributed by atoms with E-state index in [1.165, 1.54) is 11.1 Å². The lowest BCUT2D eigenvalue weighted by Crippen LogP contribution is -2.46. The van der Waals surface area contributed by atoms with Crippen LogP contribution in [0.3, 0.4) is 0 Å². The summed E-state index contributed by atoms with van der Waals surface area (Å²) in [6, 6.07) is 11.7. The molecular weight excluding hydrogens is 448 g/mol. The zero-order valence-corrected chi connectivity index (χ0v) is 21.3. The number of carbonyl (C=O) groups is 1. The highest BCUT2D eigenvalue weighted by molar-refractivity contribution is 7.80. The van der Waals surface area contributed by atoms with Gasteiger partial charge in [0.2, 0.25) is 0 Å². The van der Waals surface area contributed by atoms with Gasteiger partial charge in [-0.15, -0.1) is 0 Å². The molecule has 2 heterocycles. The Kier molecular flexibility index (Phi) is 7.16. The number of benzene rings is 2. The topological polar surface area (TPSA) is 66.1 Å². The molecule has 0 bridgehead atoms. The summed E-state index contributed by atoms with van der Waals surface area (Å²) in [4.78, 5) is 17.2. The number of piperidine rings is 1. The van der Waals surface area contributed by atoms with Gasteiger partial charge >= 0.3 is 6.03 Å². The minimum atomic E-state index is -0.117. The SMILES string of the molecule is COc1cccc(OC)c1NC(=O)N1CCC2(CCN(C(=S)Nc3cc(C)cc(C)c3)CC2)C1. The molecule has 2 aliphatic heterocycles. The molecule has 2 aromatic rings. The monoisotopic (exact) mass is 482 g/mol. The third-order valence-corrected chi connectivity index (χ3v) is 7.33. The predicted molar refractivity (Wildman–Crippen MR) is 140 cm³/mol. The van der Waals surface area contributed by atoms with Gasteiger partial charge in [-0.2, -0.15) is 0 Å². The number of nitrogens with one attached hydrogen (secondary N) is 2. The molecule has 182 valence electrons. The van der Waals surface area contributed by atoms with E-state index in [9.17, 15) is 4.79 Å². The van der Waals surface area contributed by atoms with E-state index in [0.717, 1.165) is 56.2 Å². The number of thiocarbonyl (C=S) groups is 1. The summed E-state index contributed by atoms with van der Waals surface area (Å²) in [6.07, 6.45) is 3.04. The number of anilines is 2. The summed E-state index contributed by atoms with van der Waals surface area (Å²) < 4.78 is 10.8. The smallest absolute Gasteiger partial charge is 0.322 e. The molecule has 2 aromatic carbocycles. The fraction of sp³-hybridized carbons (Fsp3) is 0.462. The number of urea groups is 1. The maximum Gasteiger partial charge on any atom is 0.322 e. The average Bonchev–Trinajstić information content (AvgIpc) is 3.22. The highest BCUT2D eigenvalue weighted by Gasteiger charge is 2.42. The van der Waals surface area contributed by atoms with Crippen molar-refractivity contribution in [2.45, 2.75) is 33.1 Å². The van der Waals surface area contributed by atoms with Crippen LogP contribution >= 0.6 is 12.2 Å². The van der Waals surface area contributed by atoms with E-state index in [-0.39, 0.29) is 11.4 Å². The Morgan fingerprint density at radius 2 is 1.47 bits per heavy atom. The van der Waals surface area contributed by atoms with Gasteiger partial charge in [0, 0.05) is 31.9 Å². The number of para-hydroxylation sites is 1. The Bertz CT molecular complexity index is 1020. The summed E-state index contributed by atoms with van der Waals surface area (Å²) in [5.41, 5.74) is 4.19. The fourth-order valence-electron chi connectivity index (χ4n) is 5.11. The fourth-order valence-corrected chi connectivity index (χ4v) is 5.41. The summed E-state index contributed by atoms with van der Waals surface area (Å²) in [7, 11) is 3.17. The molecule has 0 unspecified atom stereocenters. The van der Waals surface area contributed by atoms with Crippen molar-refractivity contribution in [3.8, 4) is 11.5 Å². The van der Waals surface area contributed by atoms with Gasteiger partial charge in [-0.3, -0.25) is 0 Å². The number of hydrogen-bond donors (Lipinski definition) is 2. The molecule has 0 radical (unpaired) electrons. The molecule has 2 aliphatic rings. The van der Waals surface area contributed by atoms with Crippen LogP contribution in [0.15, 0.2) is 36.4 Å². The third-order valence-electron chi connectivity index (χ3n) is 6.97. The Morgan fingerprint density at radius 1 is 0.912 bits per heavy atom. The number of carbonyl (C=O) groups excluding carboxylic acids is 1. The molecule has 2 amide bonds. The highest BCUT2D eigenvalue weighted by atomic mass is 32.1. The standard InChI is InChI=1S/C26H34N4O3S/c1-18-14-19(2)16-20(15-18)27-25(34)29-11-8-26(9-12-29)10-13-30(17-26)24(31)28-23-21(32-3)6-5-7-22(23)33-4/h5-7,14-16H,8-13,17H2,1-4H3,(H,27,34)(H,28,31). The number of methoxy groups -OCH3 is 2. The predicted octanol–water partition coefficient (Wildman–Crippen LogP) is 5.04. The highest BCUT2D eigenvalue weighted by Crippen LogP contribution is 2.41. The van der Waals surface area contributed by atoms with Crippen LogP contribution in [-0.2, 0) is 0 Å². The molecule has 0 atom stereocenters. The number of amides is 2. The minimum absolute atomic E-state index is 0.117. The Morgan fingerprint density at radius 3 is 2.03 bits per heavy atom. The van der Waals surface area contributed by atoms with Crippen LogP contribution in [0.4, 0.5) is 16.2 Å². The number of aryl methyl sites for hydroxylation is 2. The first-order chi connectivity index (χ1) is 16.3. The maximum atomic E-state index is 13.1. The molecule has 0 saturated carbocycles. The van der Waals surface area contributed by atoms with Gasteiger partial charge in [0.15, 0.2) is 5.11 Å². The van der Waals surface area contributed by atoms with Crippen molar-refractivity contribution in [3.05, 3.63) is 47.5 Å². The van der Waals surface area contributed by atoms with E-state index >= 15 is 0 Å². The first-order valence-corrected chi connectivity index (χ1v) is 12.1. The average molecular weight is 483 g/mol. The van der Waals surface area contributed by atoms with Crippen molar-refractivity contribution in [1.29, 1.82) is 0 Å². The van der Waals surface area contributed by atoms with Crippen LogP contribution in [0.2, 0.25) is 0 Å². The molecule has 7 nitrogen and oxygen atoms in total. The van der Waals surface area contributed by atoms with E-state index in [0.29, 0.717) is 17.2 Å². The van der Waals surface area contributed by atoms with Gasteiger partial charge in [0.25, 0.3) is 0 Å². The van der Waals surface area contributed by atoms with E-state index in [2.05, 4.69) is 47.6 Å². The normalized spacial score (nSPS) is 16.9. The number of rotatable bonds is 4. The quantitative estimate of drug-likeness (QED) is 0.596. The summed E-state index contributed by atoms with van der Waals surface area (Å²) in [5.74, 6) is 1.17. The Hall–Kier alpha value is -3.00. The minimum Gasteiger partial charge on any atom is -0.494 e. The lowest BCUT2D eigenvalue weighted by atomic mass is 9.78. The van der Waals surface area contributed by atoms with Crippen LogP contribution in [0.5, 0.6) is 11.5 Å². The zero-order chi connectivity index (χ0) is 24.3. The molecule has 1 spiro atoms. The van der Waals surface area contributed by atoms with E-state index in [4.69, 9.17) is 21.7 Å². The number of nitrogens with zero attached hydrogens (tertiary/aromatic N) is 2. The van der Waals surface area contributed by atoms with Crippen LogP contribution in [0.1, 0.15) is 30.4 Å². The van der Waals surface area contributed by atoms with Crippen LogP contribution < -0.4 is 20.1 Å². The van der Waals surface area contributed by atoms with E-state index < -0.39 is 0 Å². The van der Waals surface area contributed by atoms with Crippen molar-refractivity contribution in [1.82, 2.24) is 9.80 Å². The molecule has 2 saturated heterocycles. The zero-order valence-electron chi connectivity index (χ0n) is 20.4. The van der Waals surface area contributed by atoms with E-state index in [1.807, 2.05) is 23.1 Å². The number of ether oxygens (including phenoxy) is 2. The molecular formula is C26H34N4O3S. The van der Waals surface area contributed by atoms with Gasteiger partial charge in [-0.05, 0) is 86.1 Å². The molecule has 4 rings (SSSR count). The number of hydrogen-bond acceptors (Lipinski definition) is 4. The van der Waals surface area contributed by atoms with Crippen molar-refractivity contribution in [2.75, 3.05) is 51.0 Å². The molecule has 0 aromatic heterocycles. The third kappa shape index (κ3) is 5.22. The second-order valence-electron chi connectivity index (χ2n) is 9.43. The molecule has 2 fully saturated rings. The van der Waals surface area contributed by atoms with Crippen LogP contribution in [-0.4, -0.2) is 61.3 Å². The summed E-state index contributed by atoms with van der Waals surface area (Å²) >= 11 is 5.71. The van der Waals surface area contributed by atoms with Crippen LogP contribution in [0, 0.1) is 19.3 Å². The van der Waals surface area contributed by atoms with Crippen molar-refractivity contribution < 1.29 is 14.3 Å². The van der Waals surface area contributed by atoms with Crippen LogP contribution in [0.25, 0.3) is 0 Å². The van der Waals surface area contributed by atoms with Crippen molar-refractivity contribution in [3.63, 3.8) is 0 Å². The summed E-state index contributed by atoms with van der Waals surface area (Å²) in [6.45, 7) is 7.48. The molecule has 0 aliphatic carbocycles. The lowest BCUT2D eigenvalue weighted by Gasteiger charge is -2.40.